The highest BCUT2D eigenvalue weighted by Gasteiger charge is 2.61. The van der Waals surface area contributed by atoms with Crippen LogP contribution < -0.4 is 5.73 Å². The number of likely N-dealkylation sites (tertiary alicyclic amines) is 1. The fraction of sp³-hybridized carbons (Fsp3) is 0.371. The molecule has 1 aliphatic carbocycles. The number of piperidine rings is 1. The number of halogens is 2. The van der Waals surface area contributed by atoms with Gasteiger partial charge in [-0.25, -0.2) is 13.4 Å². The van der Waals surface area contributed by atoms with Gasteiger partial charge in [0.1, 0.15) is 0 Å². The van der Waals surface area contributed by atoms with E-state index >= 15 is 0 Å². The number of rotatable bonds is 7. The lowest BCUT2D eigenvalue weighted by Gasteiger charge is -2.41. The van der Waals surface area contributed by atoms with Crippen LogP contribution in [0, 0.1) is 0 Å². The monoisotopic (exact) mass is 678 g/mol. The van der Waals surface area contributed by atoms with Gasteiger partial charge < -0.3 is 10.5 Å². The van der Waals surface area contributed by atoms with Crippen molar-refractivity contribution in [2.45, 2.75) is 41.7 Å². The number of morpholine rings is 1. The number of aromatic nitrogens is 1. The average molecular weight is 680 g/mol. The Kier molecular flexibility index (Phi) is 8.36. The Bertz CT molecular complexity index is 1930. The van der Waals surface area contributed by atoms with Crippen molar-refractivity contribution in [1.82, 2.24) is 14.8 Å². The summed E-state index contributed by atoms with van der Waals surface area (Å²) in [5.41, 5.74) is 9.44. The van der Waals surface area contributed by atoms with Crippen LogP contribution in [0.15, 0.2) is 71.6 Å². The summed E-state index contributed by atoms with van der Waals surface area (Å²) in [4.78, 5) is 24.0. The predicted molar refractivity (Wildman–Crippen MR) is 181 cm³/mol. The first-order valence-electron chi connectivity index (χ1n) is 15.6. The second kappa shape index (κ2) is 12.2. The minimum Gasteiger partial charge on any atom is -0.379 e. The molecular weight excluding hydrogens is 643 g/mol. The quantitative estimate of drug-likeness (QED) is 0.273. The normalized spacial score (nSPS) is 23.1. The zero-order valence-corrected chi connectivity index (χ0v) is 27.9. The van der Waals surface area contributed by atoms with E-state index in [1.165, 1.54) is 12.1 Å². The van der Waals surface area contributed by atoms with Gasteiger partial charge in [-0.3, -0.25) is 14.6 Å². The van der Waals surface area contributed by atoms with Crippen LogP contribution in [-0.2, 0) is 20.0 Å². The summed E-state index contributed by atoms with van der Waals surface area (Å²) < 4.78 is 30.9. The molecule has 8 nitrogen and oxygen atoms in total. The molecule has 3 aliphatic rings. The maximum absolute atomic E-state index is 13.7. The first-order chi connectivity index (χ1) is 22.1. The van der Waals surface area contributed by atoms with E-state index in [2.05, 4.69) is 21.9 Å². The Morgan fingerprint density at radius 2 is 1.65 bits per heavy atom. The van der Waals surface area contributed by atoms with Gasteiger partial charge in [0.2, 0.25) is 5.91 Å². The summed E-state index contributed by atoms with van der Waals surface area (Å²) in [7, 11) is -3.57. The van der Waals surface area contributed by atoms with Crippen molar-refractivity contribution >= 4 is 49.8 Å². The molecule has 0 spiro atoms. The van der Waals surface area contributed by atoms with Crippen LogP contribution in [0.2, 0.25) is 10.0 Å². The molecule has 2 saturated heterocycles. The number of carbonyl (C=O) groups is 1. The number of fused-ring (bicyclic) bond motifs is 1. The van der Waals surface area contributed by atoms with E-state index in [1.807, 2.05) is 24.3 Å². The second-order valence-electron chi connectivity index (χ2n) is 12.6. The minimum atomic E-state index is -3.57. The molecule has 0 bridgehead atoms. The zero-order valence-electron chi connectivity index (χ0n) is 25.6. The van der Waals surface area contributed by atoms with Gasteiger partial charge in [0.15, 0.2) is 9.84 Å². The highest BCUT2D eigenvalue weighted by atomic mass is 35.5. The molecule has 2 N–H and O–H groups in total. The Hall–Kier alpha value is -3.05. The van der Waals surface area contributed by atoms with Crippen LogP contribution in [0.1, 0.15) is 40.7 Å². The van der Waals surface area contributed by atoms with E-state index in [1.54, 1.807) is 18.2 Å². The Morgan fingerprint density at radius 3 is 2.30 bits per heavy atom. The summed E-state index contributed by atoms with van der Waals surface area (Å²) in [6, 6.07) is 20.8. The van der Waals surface area contributed by atoms with Crippen molar-refractivity contribution < 1.29 is 17.9 Å². The summed E-state index contributed by atoms with van der Waals surface area (Å²) in [5, 5.41) is 1.19. The third kappa shape index (κ3) is 5.61. The lowest BCUT2D eigenvalue weighted by molar-refractivity contribution is -0.000270. The second-order valence-corrected chi connectivity index (χ2v) is 15.5. The van der Waals surface area contributed by atoms with Gasteiger partial charge >= 0.3 is 0 Å². The predicted octanol–water partition coefficient (Wildman–Crippen LogP) is 5.57. The highest BCUT2D eigenvalue weighted by molar-refractivity contribution is 7.90. The van der Waals surface area contributed by atoms with Gasteiger partial charge in [0.05, 0.1) is 44.9 Å². The smallest absolute Gasteiger partial charge is 0.249 e. The number of hydrogen-bond acceptors (Lipinski definition) is 7. The summed E-state index contributed by atoms with van der Waals surface area (Å²) in [6.45, 7) is 5.35. The largest absolute Gasteiger partial charge is 0.379 e. The van der Waals surface area contributed by atoms with Gasteiger partial charge in [-0.15, -0.1) is 0 Å². The fourth-order valence-corrected chi connectivity index (χ4v) is 8.61. The van der Waals surface area contributed by atoms with Crippen LogP contribution in [0.4, 0.5) is 0 Å². The van der Waals surface area contributed by atoms with Crippen molar-refractivity contribution in [1.29, 1.82) is 0 Å². The maximum Gasteiger partial charge on any atom is 0.249 e. The average Bonchev–Trinajstić information content (AvgIpc) is 3.82. The lowest BCUT2D eigenvalue weighted by Crippen LogP contribution is -2.50. The standard InChI is InChI=1S/C35H36Cl2N4O4S/c1-46(43,44)25-8-10-29-26(20-25)31(34(38)42)32(33(39-29)22-7-9-27(36)28(37)19-22)35(23-5-3-2-4-6-23)21-30(35)41-13-11-24(12-14-41)40-15-17-45-18-16-40/h2-10,19-20,24,30H,11-18,21H2,1H3,(H2,38,42). The van der Waals surface area contributed by atoms with Gasteiger partial charge in [-0.1, -0.05) is 59.6 Å². The zero-order chi connectivity index (χ0) is 32.2. The third-order valence-corrected chi connectivity index (χ3v) is 11.8. The molecular formula is C35H36Cl2N4O4S. The number of benzene rings is 3. The third-order valence-electron chi connectivity index (χ3n) is 9.99. The molecule has 3 aromatic carbocycles. The molecule has 4 aromatic rings. The first kappa shape index (κ1) is 31.5. The van der Waals surface area contributed by atoms with Crippen molar-refractivity contribution in [3.8, 4) is 11.3 Å². The molecule has 46 heavy (non-hydrogen) atoms. The Labute approximate surface area is 279 Å². The minimum absolute atomic E-state index is 0.0810. The molecule has 7 rings (SSSR count). The molecule has 1 amide bonds. The molecule has 240 valence electrons. The topological polar surface area (TPSA) is 106 Å². The summed E-state index contributed by atoms with van der Waals surface area (Å²) in [5.74, 6) is -0.638. The number of pyridine rings is 1. The molecule has 2 unspecified atom stereocenters. The number of hydrogen-bond donors (Lipinski definition) is 1. The number of nitrogens with zero attached hydrogens (tertiary/aromatic N) is 3. The SMILES string of the molecule is CS(=O)(=O)c1ccc2nc(-c3ccc(Cl)c(Cl)c3)c(C3(c4ccccc4)CC3N3CCC(N4CCOCC4)CC3)c(C(N)=O)c2c1. The number of sulfone groups is 1. The number of primary amides is 1. The van der Waals surface area contributed by atoms with Crippen LogP contribution in [0.5, 0.6) is 0 Å². The molecule has 0 radical (unpaired) electrons. The van der Waals surface area contributed by atoms with E-state index < -0.39 is 21.2 Å². The van der Waals surface area contributed by atoms with Crippen LogP contribution in [0.25, 0.3) is 22.2 Å². The van der Waals surface area contributed by atoms with Crippen molar-refractivity contribution in [3.63, 3.8) is 0 Å². The highest BCUT2D eigenvalue weighted by Crippen LogP contribution is 2.60. The van der Waals surface area contributed by atoms with E-state index in [9.17, 15) is 13.2 Å². The Balaban J connectivity index is 1.43. The molecule has 2 atom stereocenters. The van der Waals surface area contributed by atoms with E-state index in [4.69, 9.17) is 38.7 Å². The Morgan fingerprint density at radius 1 is 0.935 bits per heavy atom. The molecule has 2 aliphatic heterocycles. The maximum atomic E-state index is 13.7. The number of amides is 1. The number of nitrogens with two attached hydrogens (primary N) is 1. The number of ether oxygens (including phenoxy) is 1. The molecule has 3 fully saturated rings. The molecule has 1 saturated carbocycles. The number of carbonyl (C=O) groups excluding carboxylic acids is 1. The lowest BCUT2D eigenvalue weighted by atomic mass is 9.80. The fourth-order valence-electron chi connectivity index (χ4n) is 7.67. The van der Waals surface area contributed by atoms with E-state index in [0.717, 1.165) is 70.5 Å². The summed E-state index contributed by atoms with van der Waals surface area (Å²) in [6.07, 6.45) is 4.01. The molecule has 11 heteroatoms. The van der Waals surface area contributed by atoms with E-state index in [0.29, 0.717) is 43.8 Å². The first-order valence-corrected chi connectivity index (χ1v) is 18.3. The van der Waals surface area contributed by atoms with Crippen LogP contribution >= 0.6 is 23.2 Å². The van der Waals surface area contributed by atoms with Crippen molar-refractivity contribution in [2.75, 3.05) is 45.6 Å². The van der Waals surface area contributed by atoms with Gasteiger partial charge in [-0.2, -0.15) is 0 Å². The van der Waals surface area contributed by atoms with Crippen LogP contribution in [0.3, 0.4) is 0 Å². The summed E-state index contributed by atoms with van der Waals surface area (Å²) >= 11 is 12.9. The van der Waals surface area contributed by atoms with Crippen molar-refractivity contribution in [2.24, 2.45) is 5.73 Å². The van der Waals surface area contributed by atoms with Crippen molar-refractivity contribution in [3.05, 3.63) is 93.5 Å². The van der Waals surface area contributed by atoms with Gasteiger partial charge in [-0.05, 0) is 68.2 Å². The molecule has 1 aromatic heterocycles. The van der Waals surface area contributed by atoms with Crippen LogP contribution in [-0.4, -0.2) is 86.8 Å². The van der Waals surface area contributed by atoms with E-state index in [-0.39, 0.29) is 16.5 Å². The van der Waals surface area contributed by atoms with Gasteiger partial charge in [0.25, 0.3) is 0 Å². The molecule has 3 heterocycles. The van der Waals surface area contributed by atoms with Gasteiger partial charge in [0, 0.05) is 53.4 Å².